The number of hydrogen-bond donors (Lipinski definition) is 2. The third kappa shape index (κ3) is 2.94. The molecule has 0 fully saturated rings. The minimum Gasteiger partial charge on any atom is -0.396 e. The number of nitrogen functional groups attached to an aromatic ring is 1. The highest BCUT2D eigenvalue weighted by Crippen LogP contribution is 2.31. The molecular formula is C12H14F3N3. The van der Waals surface area contributed by atoms with E-state index in [2.05, 4.69) is 16.4 Å². The van der Waals surface area contributed by atoms with Gasteiger partial charge in [-0.05, 0) is 25.3 Å². The van der Waals surface area contributed by atoms with Gasteiger partial charge in [-0.3, -0.25) is 0 Å². The van der Waals surface area contributed by atoms with E-state index in [1.165, 1.54) is 0 Å². The lowest BCUT2D eigenvalue weighted by atomic mass is 10.0. The van der Waals surface area contributed by atoms with Crippen LogP contribution in [0.2, 0.25) is 0 Å². The van der Waals surface area contributed by atoms with Crippen molar-refractivity contribution < 1.29 is 13.2 Å². The van der Waals surface area contributed by atoms with Crippen LogP contribution < -0.4 is 11.1 Å². The molecular weight excluding hydrogens is 243 g/mol. The van der Waals surface area contributed by atoms with E-state index in [-0.39, 0.29) is 11.7 Å². The lowest BCUT2D eigenvalue weighted by Gasteiger charge is -2.22. The third-order valence-corrected chi connectivity index (χ3v) is 2.85. The van der Waals surface area contributed by atoms with Crippen LogP contribution in [0.1, 0.15) is 25.0 Å². The lowest BCUT2D eigenvalue weighted by Crippen LogP contribution is -2.21. The molecule has 0 saturated heterocycles. The average Bonchev–Trinajstić information content (AvgIpc) is 2.32. The minimum atomic E-state index is -4.45. The van der Waals surface area contributed by atoms with Crippen LogP contribution in [-0.4, -0.2) is 11.0 Å². The quantitative estimate of drug-likeness (QED) is 0.800. The van der Waals surface area contributed by atoms with Crippen LogP contribution in [0.4, 0.5) is 24.5 Å². The number of nitrogens with two attached hydrogens (primary N) is 1. The smallest absolute Gasteiger partial charge is 0.396 e. The first-order chi connectivity index (χ1) is 8.47. The number of pyridine rings is 1. The Balaban J connectivity index is 2.18. The van der Waals surface area contributed by atoms with Crippen LogP contribution in [0.25, 0.3) is 0 Å². The van der Waals surface area contributed by atoms with E-state index >= 15 is 0 Å². The maximum atomic E-state index is 12.5. The Bertz CT molecular complexity index is 454. The predicted octanol–water partition coefficient (Wildman–Crippen LogP) is 3.20. The van der Waals surface area contributed by atoms with Gasteiger partial charge < -0.3 is 11.1 Å². The molecule has 98 valence electrons. The standard InChI is InChI=1S/C12H14F3N3/c13-12(14,15)11-6-10(9(16)7-17-11)18-8-4-2-1-3-5-8/h1-2,6-8H,3-5,16H2,(H,17,18). The Hall–Kier alpha value is -1.72. The van der Waals surface area contributed by atoms with Gasteiger partial charge in [0.25, 0.3) is 0 Å². The second-order valence-corrected chi connectivity index (χ2v) is 4.28. The number of anilines is 2. The van der Waals surface area contributed by atoms with Gasteiger partial charge in [-0.2, -0.15) is 13.2 Å². The topological polar surface area (TPSA) is 50.9 Å². The van der Waals surface area contributed by atoms with E-state index in [1.54, 1.807) is 0 Å². The molecule has 1 aromatic rings. The van der Waals surface area contributed by atoms with Gasteiger partial charge in [-0.25, -0.2) is 4.98 Å². The fourth-order valence-corrected chi connectivity index (χ4v) is 1.89. The second-order valence-electron chi connectivity index (χ2n) is 4.28. The predicted molar refractivity (Wildman–Crippen MR) is 64.1 cm³/mol. The molecule has 0 saturated carbocycles. The largest absolute Gasteiger partial charge is 0.433 e. The van der Waals surface area contributed by atoms with Gasteiger partial charge >= 0.3 is 6.18 Å². The maximum Gasteiger partial charge on any atom is 0.433 e. The summed E-state index contributed by atoms with van der Waals surface area (Å²) in [5.74, 6) is 0. The monoisotopic (exact) mass is 257 g/mol. The summed E-state index contributed by atoms with van der Waals surface area (Å²) in [7, 11) is 0. The normalized spacial score (nSPS) is 19.8. The van der Waals surface area contributed by atoms with E-state index < -0.39 is 11.9 Å². The van der Waals surface area contributed by atoms with Gasteiger partial charge in [0, 0.05) is 6.04 Å². The Kier molecular flexibility index (Phi) is 3.45. The Morgan fingerprint density at radius 3 is 2.72 bits per heavy atom. The highest BCUT2D eigenvalue weighted by molar-refractivity contribution is 5.65. The summed E-state index contributed by atoms with van der Waals surface area (Å²) in [6.07, 6.45) is 3.29. The molecule has 1 atom stereocenters. The first-order valence-corrected chi connectivity index (χ1v) is 5.71. The molecule has 1 unspecified atom stereocenters. The van der Waals surface area contributed by atoms with Gasteiger partial charge in [0.15, 0.2) is 0 Å². The highest BCUT2D eigenvalue weighted by atomic mass is 19.4. The number of rotatable bonds is 2. The third-order valence-electron chi connectivity index (χ3n) is 2.85. The number of hydrogen-bond acceptors (Lipinski definition) is 3. The van der Waals surface area contributed by atoms with E-state index in [0.29, 0.717) is 5.69 Å². The summed E-state index contributed by atoms with van der Waals surface area (Å²) in [6, 6.07) is 1.09. The Morgan fingerprint density at radius 2 is 2.11 bits per heavy atom. The molecule has 18 heavy (non-hydrogen) atoms. The maximum absolute atomic E-state index is 12.5. The molecule has 0 spiro atoms. The highest BCUT2D eigenvalue weighted by Gasteiger charge is 2.33. The van der Waals surface area contributed by atoms with Crippen molar-refractivity contribution in [3.05, 3.63) is 30.1 Å². The van der Waals surface area contributed by atoms with Crippen molar-refractivity contribution in [2.75, 3.05) is 11.1 Å². The van der Waals surface area contributed by atoms with Crippen molar-refractivity contribution in [2.45, 2.75) is 31.5 Å². The number of nitrogens with zero attached hydrogens (tertiary/aromatic N) is 1. The van der Waals surface area contributed by atoms with Crippen LogP contribution in [0.3, 0.4) is 0 Å². The van der Waals surface area contributed by atoms with Crippen LogP contribution in [-0.2, 0) is 6.18 Å². The van der Waals surface area contributed by atoms with Crippen molar-refractivity contribution in [3.63, 3.8) is 0 Å². The molecule has 0 aromatic carbocycles. The van der Waals surface area contributed by atoms with E-state index in [4.69, 9.17) is 5.73 Å². The zero-order valence-electron chi connectivity index (χ0n) is 9.67. The zero-order chi connectivity index (χ0) is 13.2. The summed E-state index contributed by atoms with van der Waals surface area (Å²) in [5.41, 5.74) is 5.25. The van der Waals surface area contributed by atoms with Crippen molar-refractivity contribution in [1.82, 2.24) is 4.98 Å². The second kappa shape index (κ2) is 4.88. The lowest BCUT2D eigenvalue weighted by molar-refractivity contribution is -0.141. The van der Waals surface area contributed by atoms with Gasteiger partial charge in [0.1, 0.15) is 5.69 Å². The summed E-state index contributed by atoms with van der Waals surface area (Å²) in [5, 5.41) is 3.05. The first-order valence-electron chi connectivity index (χ1n) is 5.71. The fraction of sp³-hybridized carbons (Fsp3) is 0.417. The van der Waals surface area contributed by atoms with Crippen molar-refractivity contribution in [1.29, 1.82) is 0 Å². The van der Waals surface area contributed by atoms with Crippen LogP contribution >= 0.6 is 0 Å². The van der Waals surface area contributed by atoms with Gasteiger partial charge in [0.2, 0.25) is 0 Å². The number of halogens is 3. The summed E-state index contributed by atoms with van der Waals surface area (Å²) in [6.45, 7) is 0. The van der Waals surface area contributed by atoms with Crippen LogP contribution in [0.15, 0.2) is 24.4 Å². The van der Waals surface area contributed by atoms with Gasteiger partial charge in [0.05, 0.1) is 17.6 Å². The van der Waals surface area contributed by atoms with Crippen molar-refractivity contribution in [3.8, 4) is 0 Å². The molecule has 3 nitrogen and oxygen atoms in total. The summed E-state index contributed by atoms with van der Waals surface area (Å²) >= 11 is 0. The summed E-state index contributed by atoms with van der Waals surface area (Å²) in [4.78, 5) is 3.30. The van der Waals surface area contributed by atoms with Gasteiger partial charge in [-0.15, -0.1) is 0 Å². The van der Waals surface area contributed by atoms with Crippen LogP contribution in [0.5, 0.6) is 0 Å². The molecule has 1 aliphatic rings. The minimum absolute atomic E-state index is 0.126. The van der Waals surface area contributed by atoms with Crippen LogP contribution in [0, 0.1) is 0 Å². The number of allylic oxidation sites excluding steroid dienone is 1. The molecule has 1 aromatic heterocycles. The number of aromatic nitrogens is 1. The summed E-state index contributed by atoms with van der Waals surface area (Å²) < 4.78 is 37.6. The molecule has 0 bridgehead atoms. The number of nitrogens with one attached hydrogen (secondary N) is 1. The Morgan fingerprint density at radius 1 is 1.33 bits per heavy atom. The number of alkyl halides is 3. The van der Waals surface area contributed by atoms with Gasteiger partial charge in [-0.1, -0.05) is 12.2 Å². The average molecular weight is 257 g/mol. The van der Waals surface area contributed by atoms with E-state index in [1.807, 2.05) is 6.08 Å². The molecule has 3 N–H and O–H groups in total. The molecule has 1 heterocycles. The Labute approximate surface area is 103 Å². The zero-order valence-corrected chi connectivity index (χ0v) is 9.67. The fourth-order valence-electron chi connectivity index (χ4n) is 1.89. The van der Waals surface area contributed by atoms with Crippen molar-refractivity contribution >= 4 is 11.4 Å². The van der Waals surface area contributed by atoms with E-state index in [0.717, 1.165) is 31.5 Å². The molecule has 6 heteroatoms. The first kappa shape index (κ1) is 12.7. The molecule has 2 rings (SSSR count). The molecule has 0 amide bonds. The molecule has 0 aliphatic heterocycles. The van der Waals surface area contributed by atoms with E-state index in [9.17, 15) is 13.2 Å². The van der Waals surface area contributed by atoms with Crippen molar-refractivity contribution in [2.24, 2.45) is 0 Å². The SMILES string of the molecule is Nc1cnc(C(F)(F)F)cc1NC1CC=CCC1. The molecule has 1 aliphatic carbocycles. The molecule has 0 radical (unpaired) electrons.